The Bertz CT molecular complexity index is 982. The highest BCUT2D eigenvalue weighted by molar-refractivity contribution is 5.76. The maximum Gasteiger partial charge on any atom is 0.220 e. The Morgan fingerprint density at radius 1 is 1.07 bits per heavy atom. The van der Waals surface area contributed by atoms with Crippen molar-refractivity contribution in [3.63, 3.8) is 0 Å². The van der Waals surface area contributed by atoms with E-state index >= 15 is 0 Å². The Hall–Kier alpha value is -2.77. The number of rotatable bonds is 5. The van der Waals surface area contributed by atoms with Gasteiger partial charge in [-0.15, -0.1) is 15.3 Å². The van der Waals surface area contributed by atoms with Gasteiger partial charge in [-0.1, -0.05) is 32.1 Å². The van der Waals surface area contributed by atoms with E-state index in [0.717, 1.165) is 24.2 Å². The Labute approximate surface area is 170 Å². The fourth-order valence-corrected chi connectivity index (χ4v) is 4.08. The van der Waals surface area contributed by atoms with E-state index in [1.54, 1.807) is 9.20 Å². The van der Waals surface area contributed by atoms with Crippen LogP contribution in [0.1, 0.15) is 68.6 Å². The quantitative estimate of drug-likeness (QED) is 0.717. The summed E-state index contributed by atoms with van der Waals surface area (Å²) in [4.78, 5) is 12.5. The molecule has 0 atom stereocenters. The first kappa shape index (κ1) is 19.5. The molecule has 1 saturated carbocycles. The fourth-order valence-electron chi connectivity index (χ4n) is 4.08. The van der Waals surface area contributed by atoms with Crippen molar-refractivity contribution in [2.24, 2.45) is 0 Å². The summed E-state index contributed by atoms with van der Waals surface area (Å²) in [5, 5.41) is 20.8. The molecule has 0 aromatic carbocycles. The summed E-state index contributed by atoms with van der Waals surface area (Å²) in [5.41, 5.74) is 2.63. The van der Waals surface area contributed by atoms with Gasteiger partial charge in [0.25, 0.3) is 0 Å². The third-order valence-corrected chi connectivity index (χ3v) is 5.59. The highest BCUT2D eigenvalue weighted by atomic mass is 16.1. The molecule has 8 nitrogen and oxygen atoms in total. The van der Waals surface area contributed by atoms with Crippen LogP contribution in [-0.4, -0.2) is 41.5 Å². The van der Waals surface area contributed by atoms with Crippen molar-refractivity contribution in [3.8, 4) is 5.82 Å². The largest absolute Gasteiger partial charge is 0.353 e. The minimum absolute atomic E-state index is 0.0852. The smallest absolute Gasteiger partial charge is 0.220 e. The second-order valence-corrected chi connectivity index (χ2v) is 8.03. The van der Waals surface area contributed by atoms with E-state index in [1.165, 1.54) is 32.1 Å². The molecule has 0 spiro atoms. The molecule has 3 aromatic rings. The van der Waals surface area contributed by atoms with Crippen molar-refractivity contribution < 1.29 is 4.79 Å². The van der Waals surface area contributed by atoms with Crippen LogP contribution in [0.15, 0.2) is 18.2 Å². The number of carbonyl (C=O) groups is 1. The van der Waals surface area contributed by atoms with Gasteiger partial charge >= 0.3 is 0 Å². The van der Waals surface area contributed by atoms with Gasteiger partial charge in [-0.05, 0) is 44.9 Å². The minimum Gasteiger partial charge on any atom is -0.353 e. The first-order chi connectivity index (χ1) is 14.1. The van der Waals surface area contributed by atoms with Crippen molar-refractivity contribution in [1.82, 2.24) is 34.9 Å². The number of hydrogen-bond donors (Lipinski definition) is 1. The molecule has 0 radical (unpaired) electrons. The molecule has 0 unspecified atom stereocenters. The predicted molar refractivity (Wildman–Crippen MR) is 110 cm³/mol. The van der Waals surface area contributed by atoms with E-state index < -0.39 is 0 Å². The average molecular weight is 396 g/mol. The maximum absolute atomic E-state index is 12.5. The first-order valence-corrected chi connectivity index (χ1v) is 10.6. The molecule has 154 valence electrons. The molecule has 0 saturated heterocycles. The predicted octanol–water partition coefficient (Wildman–Crippen LogP) is 3.09. The zero-order valence-corrected chi connectivity index (χ0v) is 17.3. The molecule has 0 aliphatic heterocycles. The van der Waals surface area contributed by atoms with Gasteiger partial charge < -0.3 is 5.32 Å². The fraction of sp³-hybridized carbons (Fsp3) is 0.571. The molecule has 29 heavy (non-hydrogen) atoms. The van der Waals surface area contributed by atoms with Gasteiger partial charge in [-0.3, -0.25) is 4.79 Å². The molecule has 4 rings (SSSR count). The third kappa shape index (κ3) is 4.63. The van der Waals surface area contributed by atoms with Crippen molar-refractivity contribution in [2.45, 2.75) is 77.7 Å². The molecule has 1 aliphatic carbocycles. The van der Waals surface area contributed by atoms with Crippen LogP contribution >= 0.6 is 0 Å². The Balaban J connectivity index is 1.43. The van der Waals surface area contributed by atoms with Crippen molar-refractivity contribution in [3.05, 3.63) is 35.4 Å². The molecule has 1 fully saturated rings. The lowest BCUT2D eigenvalue weighted by Crippen LogP contribution is -2.35. The average Bonchev–Trinajstić information content (AvgIpc) is 3.23. The van der Waals surface area contributed by atoms with E-state index in [-0.39, 0.29) is 5.91 Å². The van der Waals surface area contributed by atoms with E-state index in [2.05, 4.69) is 25.7 Å². The molecular formula is C21H29N7O. The molecule has 1 aliphatic rings. The van der Waals surface area contributed by atoms with Crippen LogP contribution in [0.3, 0.4) is 0 Å². The highest BCUT2D eigenvalue weighted by Gasteiger charge is 2.16. The number of carbonyl (C=O) groups excluding carboxylic acids is 1. The van der Waals surface area contributed by atoms with Crippen molar-refractivity contribution in [2.75, 3.05) is 0 Å². The van der Waals surface area contributed by atoms with E-state index in [4.69, 9.17) is 0 Å². The minimum atomic E-state index is 0.0852. The standard InChI is InChI=1S/C21H29N7O/c1-15-14-16(2)27(25-15)20-11-10-18-23-24-19(28(18)26-20)12-13-21(29)22-17-8-6-4-3-5-7-9-17/h10-11,14,17H,3-9,12-13H2,1-2H3,(H,22,29). The van der Waals surface area contributed by atoms with Gasteiger partial charge in [0.1, 0.15) is 0 Å². The summed E-state index contributed by atoms with van der Waals surface area (Å²) in [6, 6.07) is 6.09. The van der Waals surface area contributed by atoms with E-state index in [9.17, 15) is 4.79 Å². The summed E-state index contributed by atoms with van der Waals surface area (Å²) < 4.78 is 3.52. The van der Waals surface area contributed by atoms with Gasteiger partial charge in [0.2, 0.25) is 5.91 Å². The van der Waals surface area contributed by atoms with Gasteiger partial charge in [-0.25, -0.2) is 4.68 Å². The number of amides is 1. The summed E-state index contributed by atoms with van der Waals surface area (Å²) in [5.74, 6) is 1.49. The Morgan fingerprint density at radius 3 is 2.55 bits per heavy atom. The number of nitrogens with one attached hydrogen (secondary N) is 1. The number of aromatic nitrogens is 6. The summed E-state index contributed by atoms with van der Waals surface area (Å²) in [7, 11) is 0. The zero-order chi connectivity index (χ0) is 20.2. The first-order valence-electron chi connectivity index (χ1n) is 10.6. The van der Waals surface area contributed by atoms with Crippen LogP contribution in [0, 0.1) is 13.8 Å². The highest BCUT2D eigenvalue weighted by Crippen LogP contribution is 2.17. The van der Waals surface area contributed by atoms with Gasteiger partial charge in [-0.2, -0.15) is 9.61 Å². The lowest BCUT2D eigenvalue weighted by atomic mass is 9.96. The van der Waals surface area contributed by atoms with Crippen LogP contribution in [-0.2, 0) is 11.2 Å². The van der Waals surface area contributed by atoms with E-state index in [1.807, 2.05) is 32.0 Å². The molecule has 3 aromatic heterocycles. The summed E-state index contributed by atoms with van der Waals surface area (Å²) in [6.45, 7) is 3.96. The third-order valence-electron chi connectivity index (χ3n) is 5.59. The second kappa shape index (κ2) is 8.71. The molecule has 1 N–H and O–H groups in total. The molecule has 8 heteroatoms. The molecule has 0 bridgehead atoms. The van der Waals surface area contributed by atoms with Crippen LogP contribution in [0.5, 0.6) is 0 Å². The normalized spacial score (nSPS) is 15.9. The van der Waals surface area contributed by atoms with Gasteiger partial charge in [0, 0.05) is 24.6 Å². The van der Waals surface area contributed by atoms with Gasteiger partial charge in [0.15, 0.2) is 17.3 Å². The van der Waals surface area contributed by atoms with Crippen LogP contribution in [0.25, 0.3) is 11.5 Å². The lowest BCUT2D eigenvalue weighted by molar-refractivity contribution is -0.121. The molecule has 3 heterocycles. The monoisotopic (exact) mass is 395 g/mol. The SMILES string of the molecule is Cc1cc(C)n(-c2ccc3nnc(CCC(=O)NC4CCCCCCC4)n3n2)n1. The second-order valence-electron chi connectivity index (χ2n) is 8.03. The molecular weight excluding hydrogens is 366 g/mol. The summed E-state index contributed by atoms with van der Waals surface area (Å²) in [6.07, 6.45) is 9.38. The van der Waals surface area contributed by atoms with Crippen molar-refractivity contribution in [1.29, 1.82) is 0 Å². The Morgan fingerprint density at radius 2 is 1.83 bits per heavy atom. The number of fused-ring (bicyclic) bond motifs is 1. The zero-order valence-electron chi connectivity index (χ0n) is 17.3. The van der Waals surface area contributed by atoms with Crippen LogP contribution in [0.2, 0.25) is 0 Å². The van der Waals surface area contributed by atoms with Gasteiger partial charge in [0.05, 0.1) is 5.69 Å². The number of hydrogen-bond acceptors (Lipinski definition) is 5. The lowest BCUT2D eigenvalue weighted by Gasteiger charge is -2.20. The number of nitrogens with zero attached hydrogens (tertiary/aromatic N) is 6. The maximum atomic E-state index is 12.5. The Kier molecular flexibility index (Phi) is 5.87. The summed E-state index contributed by atoms with van der Waals surface area (Å²) >= 11 is 0. The number of aryl methyl sites for hydroxylation is 3. The topological polar surface area (TPSA) is 90.0 Å². The van der Waals surface area contributed by atoms with Crippen molar-refractivity contribution >= 4 is 11.6 Å². The van der Waals surface area contributed by atoms with Crippen LogP contribution in [0.4, 0.5) is 0 Å². The van der Waals surface area contributed by atoms with Crippen LogP contribution < -0.4 is 5.32 Å². The van der Waals surface area contributed by atoms with E-state index in [0.29, 0.717) is 36.2 Å². The molecule has 1 amide bonds.